The highest BCUT2D eigenvalue weighted by Crippen LogP contribution is 2.41. The first-order chi connectivity index (χ1) is 14.3. The predicted octanol–water partition coefficient (Wildman–Crippen LogP) is 3.36. The van der Waals surface area contributed by atoms with E-state index in [1.54, 1.807) is 6.92 Å². The Morgan fingerprint density at radius 1 is 1.23 bits per heavy atom. The van der Waals surface area contributed by atoms with E-state index in [0.717, 1.165) is 25.7 Å². The minimum Gasteiger partial charge on any atom is -0.493 e. The highest BCUT2D eigenvalue weighted by molar-refractivity contribution is 5.95. The van der Waals surface area contributed by atoms with Crippen molar-refractivity contribution in [3.8, 4) is 11.5 Å². The number of ether oxygens (including phenoxy) is 3. The Hall–Kier alpha value is -3.30. The lowest BCUT2D eigenvalue weighted by atomic mass is 9.94. The molecule has 0 aliphatic carbocycles. The van der Waals surface area contributed by atoms with Gasteiger partial charge in [0.2, 0.25) is 5.75 Å². The van der Waals surface area contributed by atoms with Crippen LogP contribution in [0.4, 0.5) is 10.5 Å². The molecule has 1 aliphatic heterocycles. The number of nitrogens with one attached hydrogen (secondary N) is 2. The normalized spacial score (nSPS) is 15.9. The molecule has 0 fully saturated rings. The first-order valence-electron chi connectivity index (χ1n) is 9.69. The van der Waals surface area contributed by atoms with Gasteiger partial charge in [0.15, 0.2) is 5.75 Å². The number of carbonyl (C=O) groups excluding carboxylic acids is 2. The van der Waals surface area contributed by atoms with E-state index < -0.39 is 23.0 Å². The van der Waals surface area contributed by atoms with Gasteiger partial charge in [-0.2, -0.15) is 0 Å². The quantitative estimate of drug-likeness (QED) is 0.256. The van der Waals surface area contributed by atoms with Crippen molar-refractivity contribution in [1.82, 2.24) is 10.6 Å². The second kappa shape index (κ2) is 10.5. The zero-order valence-electron chi connectivity index (χ0n) is 17.6. The zero-order chi connectivity index (χ0) is 22.3. The van der Waals surface area contributed by atoms with Crippen molar-refractivity contribution in [2.45, 2.75) is 45.6 Å². The lowest BCUT2D eigenvalue weighted by Crippen LogP contribution is -2.45. The number of nitro groups is 1. The van der Waals surface area contributed by atoms with E-state index in [-0.39, 0.29) is 22.8 Å². The number of carbonyl (C=O) groups is 2. The number of allylic oxidation sites excluding steroid dienone is 1. The summed E-state index contributed by atoms with van der Waals surface area (Å²) in [5.41, 5.74) is 0.427. The molecule has 1 aliphatic rings. The number of urea groups is 1. The minimum atomic E-state index is -0.947. The van der Waals surface area contributed by atoms with Gasteiger partial charge in [-0.15, -0.1) is 0 Å². The maximum Gasteiger partial charge on any atom is 0.337 e. The van der Waals surface area contributed by atoms with Gasteiger partial charge in [0.1, 0.15) is 0 Å². The van der Waals surface area contributed by atoms with Crippen LogP contribution in [0, 0.1) is 10.1 Å². The molecule has 0 saturated heterocycles. The van der Waals surface area contributed by atoms with Gasteiger partial charge in [0.25, 0.3) is 0 Å². The second-order valence-corrected chi connectivity index (χ2v) is 6.80. The number of unbranched alkanes of at least 4 members (excludes halogenated alkanes) is 3. The smallest absolute Gasteiger partial charge is 0.337 e. The lowest BCUT2D eigenvalue weighted by molar-refractivity contribution is -0.386. The van der Waals surface area contributed by atoms with Crippen LogP contribution in [0.25, 0.3) is 0 Å². The average Bonchev–Trinajstić information content (AvgIpc) is 2.72. The monoisotopic (exact) mass is 421 g/mol. The molecule has 2 rings (SSSR count). The number of hydrogen-bond donors (Lipinski definition) is 2. The van der Waals surface area contributed by atoms with Crippen LogP contribution in [-0.2, 0) is 9.53 Å². The van der Waals surface area contributed by atoms with E-state index in [1.807, 2.05) is 0 Å². The zero-order valence-corrected chi connectivity index (χ0v) is 17.6. The number of amides is 2. The molecular formula is C20H27N3O7. The van der Waals surface area contributed by atoms with E-state index in [2.05, 4.69) is 17.6 Å². The van der Waals surface area contributed by atoms with Crippen molar-refractivity contribution >= 4 is 17.7 Å². The van der Waals surface area contributed by atoms with Crippen molar-refractivity contribution in [2.24, 2.45) is 0 Å². The third kappa shape index (κ3) is 5.19. The molecule has 0 bridgehead atoms. The summed E-state index contributed by atoms with van der Waals surface area (Å²) in [5.74, 6) is -0.504. The highest BCUT2D eigenvalue weighted by atomic mass is 16.6. The SMILES string of the molecule is CCCCCCOc1c(OC)cc(C2NC(=O)NC(C)=C2C(=O)OC)cc1[N+](=O)[O-]. The van der Waals surface area contributed by atoms with Gasteiger partial charge in [-0.05, 0) is 25.0 Å². The van der Waals surface area contributed by atoms with Gasteiger partial charge in [0.05, 0.1) is 37.4 Å². The summed E-state index contributed by atoms with van der Waals surface area (Å²) in [6.07, 6.45) is 3.83. The summed E-state index contributed by atoms with van der Waals surface area (Å²) in [6.45, 7) is 3.95. The predicted molar refractivity (Wildman–Crippen MR) is 108 cm³/mol. The van der Waals surface area contributed by atoms with Crippen molar-refractivity contribution in [1.29, 1.82) is 0 Å². The number of nitrogens with zero attached hydrogens (tertiary/aromatic N) is 1. The summed E-state index contributed by atoms with van der Waals surface area (Å²) in [4.78, 5) is 35.4. The number of esters is 1. The van der Waals surface area contributed by atoms with E-state index in [1.165, 1.54) is 26.4 Å². The number of rotatable bonds is 10. The maximum atomic E-state index is 12.3. The first kappa shape index (κ1) is 23.0. The molecule has 2 N–H and O–H groups in total. The van der Waals surface area contributed by atoms with Crippen LogP contribution in [0.2, 0.25) is 0 Å². The molecule has 1 heterocycles. The van der Waals surface area contributed by atoms with Crippen molar-refractivity contribution in [2.75, 3.05) is 20.8 Å². The molecule has 0 spiro atoms. The Morgan fingerprint density at radius 3 is 2.57 bits per heavy atom. The van der Waals surface area contributed by atoms with Crippen LogP contribution in [0.15, 0.2) is 23.4 Å². The molecule has 164 valence electrons. The second-order valence-electron chi connectivity index (χ2n) is 6.80. The molecular weight excluding hydrogens is 394 g/mol. The molecule has 10 heteroatoms. The van der Waals surface area contributed by atoms with Crippen LogP contribution in [0.1, 0.15) is 51.1 Å². The Morgan fingerprint density at radius 2 is 1.97 bits per heavy atom. The van der Waals surface area contributed by atoms with E-state index in [4.69, 9.17) is 14.2 Å². The molecule has 1 aromatic carbocycles. The fraction of sp³-hybridized carbons (Fsp3) is 0.500. The van der Waals surface area contributed by atoms with E-state index in [0.29, 0.717) is 17.9 Å². The Bertz CT molecular complexity index is 851. The van der Waals surface area contributed by atoms with Crippen LogP contribution in [0.5, 0.6) is 11.5 Å². The summed E-state index contributed by atoms with van der Waals surface area (Å²) in [6, 6.07) is 1.30. The Labute approximate surface area is 174 Å². The fourth-order valence-corrected chi connectivity index (χ4v) is 3.23. The third-order valence-electron chi connectivity index (χ3n) is 4.73. The Balaban J connectivity index is 2.47. The third-order valence-corrected chi connectivity index (χ3v) is 4.73. The number of hydrogen-bond acceptors (Lipinski definition) is 7. The number of methoxy groups -OCH3 is 2. The summed E-state index contributed by atoms with van der Waals surface area (Å²) < 4.78 is 15.8. The van der Waals surface area contributed by atoms with Crippen molar-refractivity contribution in [3.63, 3.8) is 0 Å². The van der Waals surface area contributed by atoms with Crippen LogP contribution in [0.3, 0.4) is 0 Å². The minimum absolute atomic E-state index is 0.0170. The standard InChI is InChI=1S/C20H27N3O7/c1-5-6-7-8-9-30-18-14(23(26)27)10-13(11-15(18)28-3)17-16(19(24)29-4)12(2)21-20(25)22-17/h10-11,17H,5-9H2,1-4H3,(H2,21,22,25). The summed E-state index contributed by atoms with van der Waals surface area (Å²) in [7, 11) is 2.59. The van der Waals surface area contributed by atoms with Crippen LogP contribution in [-0.4, -0.2) is 37.8 Å². The first-order valence-corrected chi connectivity index (χ1v) is 9.69. The topological polar surface area (TPSA) is 129 Å². The molecule has 0 aromatic heterocycles. The van der Waals surface area contributed by atoms with E-state index in [9.17, 15) is 19.7 Å². The molecule has 30 heavy (non-hydrogen) atoms. The van der Waals surface area contributed by atoms with Gasteiger partial charge >= 0.3 is 17.7 Å². The van der Waals surface area contributed by atoms with Crippen molar-refractivity contribution in [3.05, 3.63) is 39.1 Å². The summed E-state index contributed by atoms with van der Waals surface area (Å²) in [5, 5.41) is 16.8. The molecule has 0 radical (unpaired) electrons. The average molecular weight is 421 g/mol. The molecule has 2 amide bonds. The van der Waals surface area contributed by atoms with Gasteiger partial charge in [0, 0.05) is 11.8 Å². The lowest BCUT2D eigenvalue weighted by Gasteiger charge is -2.28. The molecule has 1 atom stereocenters. The maximum absolute atomic E-state index is 12.3. The molecule has 1 aromatic rings. The van der Waals surface area contributed by atoms with Gasteiger partial charge in [-0.3, -0.25) is 10.1 Å². The summed E-state index contributed by atoms with van der Waals surface area (Å²) >= 11 is 0. The molecule has 1 unspecified atom stereocenters. The number of nitro benzene ring substituents is 1. The fourth-order valence-electron chi connectivity index (χ4n) is 3.23. The van der Waals surface area contributed by atoms with Crippen molar-refractivity contribution < 1.29 is 28.7 Å². The highest BCUT2D eigenvalue weighted by Gasteiger charge is 2.34. The van der Waals surface area contributed by atoms with Gasteiger partial charge < -0.3 is 24.8 Å². The van der Waals surface area contributed by atoms with Crippen LogP contribution >= 0.6 is 0 Å². The largest absolute Gasteiger partial charge is 0.493 e. The van der Waals surface area contributed by atoms with Gasteiger partial charge in [-0.25, -0.2) is 9.59 Å². The number of benzene rings is 1. The van der Waals surface area contributed by atoms with Gasteiger partial charge in [-0.1, -0.05) is 26.2 Å². The molecule has 10 nitrogen and oxygen atoms in total. The molecule has 0 saturated carbocycles. The van der Waals surface area contributed by atoms with E-state index >= 15 is 0 Å². The Kier molecular flexibility index (Phi) is 8.02. The van der Waals surface area contributed by atoms with Crippen LogP contribution < -0.4 is 20.1 Å².